The lowest BCUT2D eigenvalue weighted by molar-refractivity contribution is 0.236. The van der Waals surface area contributed by atoms with Crippen LogP contribution in [0.4, 0.5) is 14.9 Å². The van der Waals surface area contributed by atoms with Crippen LogP contribution in [-0.4, -0.2) is 39.3 Å². The predicted molar refractivity (Wildman–Crippen MR) is 110 cm³/mol. The topological polar surface area (TPSA) is 62.2 Å². The highest BCUT2D eigenvalue weighted by atomic mass is 19.1. The molecule has 0 aliphatic carbocycles. The van der Waals surface area contributed by atoms with Gasteiger partial charge in [0.05, 0.1) is 16.9 Å². The summed E-state index contributed by atoms with van der Waals surface area (Å²) in [6.07, 6.45) is 4.23. The molecule has 29 heavy (non-hydrogen) atoms. The van der Waals surface area contributed by atoms with Crippen LogP contribution >= 0.6 is 0 Å². The smallest absolute Gasteiger partial charge is 0.319 e. The van der Waals surface area contributed by atoms with Crippen LogP contribution in [0.5, 0.6) is 0 Å². The van der Waals surface area contributed by atoms with Gasteiger partial charge in [0, 0.05) is 32.0 Å². The number of rotatable bonds is 5. The average molecular weight is 393 g/mol. The first-order valence-electron chi connectivity index (χ1n) is 9.66. The van der Waals surface area contributed by atoms with Crippen molar-refractivity contribution < 1.29 is 9.18 Å². The molecular weight excluding hydrogens is 369 g/mol. The number of carbonyl (C=O) groups excluding carboxylic acids is 1. The number of benzene rings is 2. The summed E-state index contributed by atoms with van der Waals surface area (Å²) in [6.45, 7) is 4.55. The van der Waals surface area contributed by atoms with E-state index in [0.29, 0.717) is 11.4 Å². The minimum atomic E-state index is -0.419. The quantitative estimate of drug-likeness (QED) is 0.693. The molecular formula is C22H24FN5O. The van der Waals surface area contributed by atoms with Crippen molar-refractivity contribution in [2.24, 2.45) is 0 Å². The number of hydrogen-bond acceptors (Lipinski definition) is 3. The Bertz CT molecular complexity index is 976. The van der Waals surface area contributed by atoms with Gasteiger partial charge in [-0.15, -0.1) is 0 Å². The second kappa shape index (κ2) is 8.05. The van der Waals surface area contributed by atoms with E-state index in [9.17, 15) is 9.18 Å². The summed E-state index contributed by atoms with van der Waals surface area (Å²) in [6, 6.07) is 16.0. The van der Waals surface area contributed by atoms with Crippen molar-refractivity contribution in [3.8, 4) is 5.69 Å². The molecule has 1 atom stereocenters. The number of hydrogen-bond donors (Lipinski definition) is 2. The van der Waals surface area contributed by atoms with Gasteiger partial charge in [-0.05, 0) is 43.2 Å². The normalized spacial score (nSPS) is 19.2. The molecule has 6 nitrogen and oxygen atoms in total. The Morgan fingerprint density at radius 1 is 1.21 bits per heavy atom. The van der Waals surface area contributed by atoms with Crippen molar-refractivity contribution in [2.75, 3.05) is 18.4 Å². The number of urea groups is 1. The lowest BCUT2D eigenvalue weighted by atomic mass is 10.0. The minimum Gasteiger partial charge on any atom is -0.331 e. The fourth-order valence-corrected chi connectivity index (χ4v) is 3.78. The molecule has 1 fully saturated rings. The van der Waals surface area contributed by atoms with Crippen LogP contribution in [0.15, 0.2) is 67.0 Å². The van der Waals surface area contributed by atoms with Gasteiger partial charge in [0.2, 0.25) is 0 Å². The zero-order valence-corrected chi connectivity index (χ0v) is 16.3. The van der Waals surface area contributed by atoms with E-state index in [1.54, 1.807) is 29.2 Å². The number of nitrogens with one attached hydrogen (secondary N) is 2. The molecule has 0 bridgehead atoms. The maximum absolute atomic E-state index is 13.8. The van der Waals surface area contributed by atoms with Gasteiger partial charge in [-0.1, -0.05) is 30.3 Å². The highest BCUT2D eigenvalue weighted by molar-refractivity contribution is 5.92. The third-order valence-electron chi connectivity index (χ3n) is 5.17. The summed E-state index contributed by atoms with van der Waals surface area (Å²) >= 11 is 0. The van der Waals surface area contributed by atoms with Crippen molar-refractivity contribution in [1.29, 1.82) is 0 Å². The number of carbonyl (C=O) groups is 1. The zero-order chi connectivity index (χ0) is 20.3. The van der Waals surface area contributed by atoms with Crippen molar-refractivity contribution in [3.63, 3.8) is 0 Å². The van der Waals surface area contributed by atoms with Gasteiger partial charge in [0.25, 0.3) is 0 Å². The van der Waals surface area contributed by atoms with Gasteiger partial charge in [0.1, 0.15) is 5.82 Å². The number of likely N-dealkylation sites (tertiary alicyclic amines) is 1. The summed E-state index contributed by atoms with van der Waals surface area (Å²) in [5.41, 5.74) is 1.88. The van der Waals surface area contributed by atoms with E-state index in [1.165, 1.54) is 17.7 Å². The molecule has 1 unspecified atom stereocenters. The van der Waals surface area contributed by atoms with Gasteiger partial charge < -0.3 is 10.6 Å². The van der Waals surface area contributed by atoms with Gasteiger partial charge in [0.15, 0.2) is 0 Å². The van der Waals surface area contributed by atoms with Gasteiger partial charge >= 0.3 is 6.03 Å². The van der Waals surface area contributed by atoms with Crippen molar-refractivity contribution >= 4 is 11.7 Å². The molecule has 3 aromatic rings. The van der Waals surface area contributed by atoms with Crippen molar-refractivity contribution in [3.05, 3.63) is 78.4 Å². The zero-order valence-electron chi connectivity index (χ0n) is 16.3. The van der Waals surface area contributed by atoms with E-state index in [4.69, 9.17) is 0 Å². The minimum absolute atomic E-state index is 0.349. The van der Waals surface area contributed by atoms with Gasteiger partial charge in [-0.25, -0.2) is 13.9 Å². The van der Waals surface area contributed by atoms with E-state index < -0.39 is 5.82 Å². The molecule has 2 aromatic carbocycles. The number of aromatic nitrogens is 2. The second-order valence-electron chi connectivity index (χ2n) is 7.70. The Labute approximate surface area is 169 Å². The van der Waals surface area contributed by atoms with E-state index in [2.05, 4.69) is 32.8 Å². The van der Waals surface area contributed by atoms with Crippen LogP contribution in [0, 0.1) is 5.82 Å². The summed E-state index contributed by atoms with van der Waals surface area (Å²) in [7, 11) is 0. The largest absolute Gasteiger partial charge is 0.331 e. The standard InChI is InChI=1S/C22H24FN5O/c1-22(10-13-27(16-22)15-17-6-3-2-4-7-17)26-21(29)25-19-14-18(23)8-9-20(19)28-12-5-11-24-28/h2-9,11-12,14H,10,13,15-16H2,1H3,(H2,25,26,29). The Morgan fingerprint density at radius 3 is 2.79 bits per heavy atom. The summed E-state index contributed by atoms with van der Waals surface area (Å²) < 4.78 is 15.4. The van der Waals surface area contributed by atoms with E-state index in [0.717, 1.165) is 26.1 Å². The molecule has 1 aliphatic heterocycles. The molecule has 7 heteroatoms. The van der Waals surface area contributed by atoms with E-state index in [1.807, 2.05) is 25.1 Å². The Morgan fingerprint density at radius 2 is 2.03 bits per heavy atom. The molecule has 0 radical (unpaired) electrons. The molecule has 0 spiro atoms. The molecule has 2 heterocycles. The highest BCUT2D eigenvalue weighted by Gasteiger charge is 2.35. The van der Waals surface area contributed by atoms with E-state index >= 15 is 0 Å². The number of halogens is 1. The first kappa shape index (κ1) is 19.1. The third kappa shape index (κ3) is 4.63. The molecule has 1 saturated heterocycles. The summed E-state index contributed by atoms with van der Waals surface area (Å²) in [5.74, 6) is -0.419. The molecule has 0 saturated carbocycles. The van der Waals surface area contributed by atoms with Crippen LogP contribution in [0.2, 0.25) is 0 Å². The van der Waals surface area contributed by atoms with Crippen LogP contribution in [0.3, 0.4) is 0 Å². The lowest BCUT2D eigenvalue weighted by Gasteiger charge is -2.26. The molecule has 2 amide bonds. The van der Waals surface area contributed by atoms with Crippen molar-refractivity contribution in [2.45, 2.75) is 25.4 Å². The third-order valence-corrected chi connectivity index (χ3v) is 5.17. The molecule has 4 rings (SSSR count). The van der Waals surface area contributed by atoms with Crippen LogP contribution in [0.1, 0.15) is 18.9 Å². The van der Waals surface area contributed by atoms with E-state index in [-0.39, 0.29) is 11.6 Å². The molecule has 1 aliphatic rings. The molecule has 150 valence electrons. The Balaban J connectivity index is 1.41. The maximum Gasteiger partial charge on any atom is 0.319 e. The number of nitrogens with zero attached hydrogens (tertiary/aromatic N) is 3. The number of anilines is 1. The highest BCUT2D eigenvalue weighted by Crippen LogP contribution is 2.24. The predicted octanol–water partition coefficient (Wildman–Crippen LogP) is 3.80. The first-order chi connectivity index (χ1) is 14.0. The fraction of sp³-hybridized carbons (Fsp3) is 0.273. The summed E-state index contributed by atoms with van der Waals surface area (Å²) in [4.78, 5) is 15.0. The SMILES string of the molecule is CC1(NC(=O)Nc2cc(F)ccc2-n2cccn2)CCN(Cc2ccccc2)C1. The van der Waals surface area contributed by atoms with Crippen LogP contribution in [0.25, 0.3) is 5.69 Å². The number of amides is 2. The monoisotopic (exact) mass is 393 g/mol. The Hall–Kier alpha value is -3.19. The van der Waals surface area contributed by atoms with Gasteiger partial charge in [-0.3, -0.25) is 4.90 Å². The van der Waals surface area contributed by atoms with Crippen LogP contribution < -0.4 is 10.6 Å². The van der Waals surface area contributed by atoms with Crippen molar-refractivity contribution in [1.82, 2.24) is 20.0 Å². The molecule has 2 N–H and O–H groups in total. The average Bonchev–Trinajstić information content (AvgIpc) is 3.33. The fourth-order valence-electron chi connectivity index (χ4n) is 3.78. The van der Waals surface area contributed by atoms with Gasteiger partial charge in [-0.2, -0.15) is 5.10 Å². The van der Waals surface area contributed by atoms with Crippen LogP contribution in [-0.2, 0) is 6.54 Å². The maximum atomic E-state index is 13.8. The molecule has 1 aromatic heterocycles. The second-order valence-corrected chi connectivity index (χ2v) is 7.70. The summed E-state index contributed by atoms with van der Waals surface area (Å²) in [5, 5.41) is 10.0. The Kier molecular flexibility index (Phi) is 5.31. The first-order valence-corrected chi connectivity index (χ1v) is 9.66. The lowest BCUT2D eigenvalue weighted by Crippen LogP contribution is -2.49.